The van der Waals surface area contributed by atoms with Crippen LogP contribution in [0.3, 0.4) is 0 Å². The Hall–Kier alpha value is -2.98. The molecule has 2 saturated heterocycles. The zero-order chi connectivity index (χ0) is 22.9. The van der Waals surface area contributed by atoms with Crippen LogP contribution < -0.4 is 4.90 Å². The Morgan fingerprint density at radius 1 is 1.09 bits per heavy atom. The second kappa shape index (κ2) is 8.87. The van der Waals surface area contributed by atoms with Crippen LogP contribution in [0.4, 0.5) is 10.1 Å². The number of halogens is 1. The van der Waals surface area contributed by atoms with Crippen molar-refractivity contribution in [1.29, 1.82) is 0 Å². The van der Waals surface area contributed by atoms with Crippen LogP contribution in [-0.2, 0) is 24.3 Å². The highest BCUT2D eigenvalue weighted by atomic mass is 32.2. The van der Waals surface area contributed by atoms with Gasteiger partial charge < -0.3 is 14.4 Å². The first-order valence-electron chi connectivity index (χ1n) is 10.3. The molecule has 2 atom stereocenters. The summed E-state index contributed by atoms with van der Waals surface area (Å²) in [5.74, 6) is -1.71. The molecule has 2 heterocycles. The number of ether oxygens (including phenoxy) is 2. The molecule has 0 bridgehead atoms. The number of cyclic esters (lactones) is 1. The average molecular weight is 462 g/mol. The number of hydrogen-bond acceptors (Lipinski definition) is 7. The van der Waals surface area contributed by atoms with E-state index in [1.165, 1.54) is 40.7 Å². The van der Waals surface area contributed by atoms with E-state index in [9.17, 15) is 22.4 Å². The quantitative estimate of drug-likeness (QED) is 0.629. The minimum absolute atomic E-state index is 0.0236. The van der Waals surface area contributed by atoms with Crippen LogP contribution in [-0.4, -0.2) is 63.0 Å². The predicted molar refractivity (Wildman–Crippen MR) is 113 cm³/mol. The average Bonchev–Trinajstić information content (AvgIpc) is 3.11. The van der Waals surface area contributed by atoms with Crippen molar-refractivity contribution < 1.29 is 31.9 Å². The van der Waals surface area contributed by atoms with Crippen molar-refractivity contribution in [3.63, 3.8) is 0 Å². The minimum atomic E-state index is -3.83. The summed E-state index contributed by atoms with van der Waals surface area (Å²) in [5.41, 5.74) is 0.872. The van der Waals surface area contributed by atoms with Gasteiger partial charge in [0.15, 0.2) is 0 Å². The molecule has 0 amide bonds. The molecule has 2 aromatic carbocycles. The first-order valence-corrected chi connectivity index (χ1v) is 11.7. The lowest BCUT2D eigenvalue weighted by Crippen LogP contribution is -2.48. The molecule has 0 saturated carbocycles. The summed E-state index contributed by atoms with van der Waals surface area (Å²) in [4.78, 5) is 26.1. The van der Waals surface area contributed by atoms with Crippen LogP contribution in [0.2, 0.25) is 0 Å². The molecule has 0 radical (unpaired) electrons. The van der Waals surface area contributed by atoms with Crippen molar-refractivity contribution in [3.8, 4) is 0 Å². The molecule has 2 aliphatic heterocycles. The summed E-state index contributed by atoms with van der Waals surface area (Å²) >= 11 is 0. The van der Waals surface area contributed by atoms with E-state index < -0.39 is 28.1 Å². The second-order valence-electron chi connectivity index (χ2n) is 7.77. The number of esters is 2. The van der Waals surface area contributed by atoms with Crippen molar-refractivity contribution >= 4 is 27.6 Å². The van der Waals surface area contributed by atoms with Gasteiger partial charge in [0.05, 0.1) is 10.5 Å². The lowest BCUT2D eigenvalue weighted by Gasteiger charge is -2.35. The van der Waals surface area contributed by atoms with E-state index in [2.05, 4.69) is 0 Å². The number of carbonyl (C=O) groups is 2. The van der Waals surface area contributed by atoms with E-state index in [-0.39, 0.29) is 41.9 Å². The third kappa shape index (κ3) is 4.61. The molecule has 2 aromatic rings. The van der Waals surface area contributed by atoms with Gasteiger partial charge in [0.2, 0.25) is 16.1 Å². The molecule has 0 N–H and O–H groups in total. The Morgan fingerprint density at radius 2 is 1.78 bits per heavy atom. The van der Waals surface area contributed by atoms with E-state index in [0.717, 1.165) is 5.69 Å². The van der Waals surface area contributed by atoms with Crippen LogP contribution in [0, 0.1) is 5.82 Å². The van der Waals surface area contributed by atoms with E-state index in [0.29, 0.717) is 13.1 Å². The summed E-state index contributed by atoms with van der Waals surface area (Å²) < 4.78 is 50.9. The first kappa shape index (κ1) is 22.2. The van der Waals surface area contributed by atoms with Crippen molar-refractivity contribution in [2.24, 2.45) is 0 Å². The summed E-state index contributed by atoms with van der Waals surface area (Å²) in [6, 6.07) is 11.7. The zero-order valence-corrected chi connectivity index (χ0v) is 18.3. The smallest absolute Gasteiger partial charge is 0.347 e. The van der Waals surface area contributed by atoms with Gasteiger partial charge in [0.25, 0.3) is 0 Å². The number of piperazine rings is 1. The van der Waals surface area contributed by atoms with E-state index in [1.54, 1.807) is 19.1 Å². The van der Waals surface area contributed by atoms with Crippen molar-refractivity contribution in [2.45, 2.75) is 30.4 Å². The van der Waals surface area contributed by atoms with E-state index >= 15 is 0 Å². The van der Waals surface area contributed by atoms with Gasteiger partial charge in [-0.1, -0.05) is 6.07 Å². The van der Waals surface area contributed by atoms with E-state index in [1.807, 2.05) is 4.90 Å². The Balaban J connectivity index is 1.43. The maximum absolute atomic E-state index is 13.1. The lowest BCUT2D eigenvalue weighted by molar-refractivity contribution is -0.147. The fraction of sp³-hybridized carbons (Fsp3) is 0.364. The summed E-state index contributed by atoms with van der Waals surface area (Å²) in [5, 5.41) is 0. The number of hydrogen-bond donors (Lipinski definition) is 0. The Kier molecular flexibility index (Phi) is 6.16. The van der Waals surface area contributed by atoms with Crippen molar-refractivity contribution in [1.82, 2.24) is 4.31 Å². The number of anilines is 1. The number of benzene rings is 2. The van der Waals surface area contributed by atoms with Crippen molar-refractivity contribution in [3.05, 3.63) is 59.9 Å². The van der Waals surface area contributed by atoms with Crippen LogP contribution in [0.15, 0.2) is 53.4 Å². The molecule has 0 unspecified atom stereocenters. The number of sulfonamides is 1. The lowest BCUT2D eigenvalue weighted by atomic mass is 10.2. The largest absolute Gasteiger partial charge is 0.460 e. The third-order valence-corrected chi connectivity index (χ3v) is 7.41. The molecule has 8 nitrogen and oxygen atoms in total. The molecule has 0 aliphatic carbocycles. The highest BCUT2D eigenvalue weighted by molar-refractivity contribution is 7.89. The van der Waals surface area contributed by atoms with Gasteiger partial charge in [-0.2, -0.15) is 4.31 Å². The molecule has 4 rings (SSSR count). The van der Waals surface area contributed by atoms with Gasteiger partial charge in [-0.05, 0) is 49.4 Å². The maximum atomic E-state index is 13.1. The van der Waals surface area contributed by atoms with Gasteiger partial charge in [-0.15, -0.1) is 0 Å². The molecule has 170 valence electrons. The summed E-state index contributed by atoms with van der Waals surface area (Å²) in [7, 11) is -3.83. The number of rotatable bonds is 5. The monoisotopic (exact) mass is 462 g/mol. The van der Waals surface area contributed by atoms with Crippen LogP contribution >= 0.6 is 0 Å². The minimum Gasteiger partial charge on any atom is -0.460 e. The Morgan fingerprint density at radius 3 is 2.41 bits per heavy atom. The molecular weight excluding hydrogens is 439 g/mol. The topological polar surface area (TPSA) is 93.2 Å². The maximum Gasteiger partial charge on any atom is 0.347 e. The molecule has 10 heteroatoms. The Labute approximate surface area is 185 Å². The van der Waals surface area contributed by atoms with E-state index in [4.69, 9.17) is 9.47 Å². The second-order valence-corrected chi connectivity index (χ2v) is 9.71. The summed E-state index contributed by atoms with van der Waals surface area (Å²) in [6.45, 7) is 3.11. The first-order chi connectivity index (χ1) is 15.2. The van der Waals surface area contributed by atoms with Gasteiger partial charge in [0.1, 0.15) is 11.9 Å². The summed E-state index contributed by atoms with van der Waals surface area (Å²) in [6.07, 6.45) is -1.06. The van der Waals surface area contributed by atoms with Gasteiger partial charge in [0, 0.05) is 38.3 Å². The zero-order valence-electron chi connectivity index (χ0n) is 17.4. The third-order valence-electron chi connectivity index (χ3n) is 5.51. The number of nitrogens with zero attached hydrogens (tertiary/aromatic N) is 2. The van der Waals surface area contributed by atoms with Crippen molar-refractivity contribution in [2.75, 3.05) is 31.1 Å². The molecule has 0 aromatic heterocycles. The highest BCUT2D eigenvalue weighted by Gasteiger charge is 2.35. The Bertz CT molecular complexity index is 1110. The van der Waals surface area contributed by atoms with Crippen LogP contribution in [0.25, 0.3) is 0 Å². The number of carbonyl (C=O) groups excluding carboxylic acids is 2. The molecule has 0 spiro atoms. The van der Waals surface area contributed by atoms with Crippen LogP contribution in [0.1, 0.15) is 23.7 Å². The normalized spacial score (nSPS) is 21.9. The standard InChI is InChI=1S/C22H23FN2O6S/c1-15-13-20(22(27)30-15)31-21(26)16-3-2-4-19(14-16)32(28,29)25-11-9-24(10-12-25)18-7-5-17(23)6-8-18/h2-8,14-15,20H,9-13H2,1H3/t15-,20+/m0/s1. The SMILES string of the molecule is C[C@H]1C[C@@H](OC(=O)c2cccc(S(=O)(=O)N3CCN(c4ccc(F)cc4)CC3)c2)C(=O)O1. The predicted octanol–water partition coefficient (Wildman–Crippen LogP) is 2.20. The molecule has 2 aliphatic rings. The fourth-order valence-electron chi connectivity index (χ4n) is 3.78. The van der Waals surface area contributed by atoms with Gasteiger partial charge in [-0.25, -0.2) is 22.4 Å². The fourth-order valence-corrected chi connectivity index (χ4v) is 5.25. The van der Waals surface area contributed by atoms with Crippen LogP contribution in [0.5, 0.6) is 0 Å². The highest BCUT2D eigenvalue weighted by Crippen LogP contribution is 2.23. The van der Waals surface area contributed by atoms with Gasteiger partial charge >= 0.3 is 11.9 Å². The molecule has 2 fully saturated rings. The molecular formula is C22H23FN2O6S. The molecule has 32 heavy (non-hydrogen) atoms. The van der Waals surface area contributed by atoms with Gasteiger partial charge in [-0.3, -0.25) is 0 Å².